The molecule has 112 valence electrons. The summed E-state index contributed by atoms with van der Waals surface area (Å²) < 4.78 is 45.1. The van der Waals surface area contributed by atoms with E-state index in [0.717, 1.165) is 6.07 Å². The highest BCUT2D eigenvalue weighted by molar-refractivity contribution is 7.92. The first-order valence-corrected chi connectivity index (χ1v) is 7.51. The molecule has 0 saturated heterocycles. The first-order valence-electron chi connectivity index (χ1n) is 6.03. The van der Waals surface area contributed by atoms with Gasteiger partial charge in [-0.25, -0.2) is 12.8 Å². The normalized spacial score (nSPS) is 11.2. The molecule has 0 spiro atoms. The van der Waals surface area contributed by atoms with E-state index in [4.69, 9.17) is 4.74 Å². The van der Waals surface area contributed by atoms with Crippen LogP contribution in [0.4, 0.5) is 10.1 Å². The number of para-hydroxylation sites is 1. The van der Waals surface area contributed by atoms with Gasteiger partial charge in [0.1, 0.15) is 0 Å². The molecule has 0 aliphatic carbocycles. The number of ether oxygens (including phenoxy) is 1. The molecule has 0 unspecified atom stereocenters. The highest BCUT2D eigenvalue weighted by atomic mass is 32.2. The first-order chi connectivity index (χ1) is 9.97. The van der Waals surface area contributed by atoms with Crippen LogP contribution in [0.5, 0.6) is 5.75 Å². The van der Waals surface area contributed by atoms with Crippen LogP contribution in [0.15, 0.2) is 47.4 Å². The van der Waals surface area contributed by atoms with Gasteiger partial charge in [-0.1, -0.05) is 18.2 Å². The van der Waals surface area contributed by atoms with Crippen molar-refractivity contribution < 1.29 is 22.7 Å². The Kier molecular flexibility index (Phi) is 4.44. The molecule has 0 amide bonds. The molecule has 0 saturated carbocycles. The third kappa shape index (κ3) is 3.32. The van der Waals surface area contributed by atoms with Crippen LogP contribution in [0.2, 0.25) is 0 Å². The molecule has 21 heavy (non-hydrogen) atoms. The number of benzene rings is 2. The molecule has 0 heterocycles. The molecule has 0 fully saturated rings. The summed E-state index contributed by atoms with van der Waals surface area (Å²) in [4.78, 5) is -0.228. The molecule has 2 aromatic carbocycles. The average molecular weight is 311 g/mol. The van der Waals surface area contributed by atoms with Crippen LogP contribution < -0.4 is 9.46 Å². The topological polar surface area (TPSA) is 75.6 Å². The Bertz CT molecular complexity index is 746. The maximum absolute atomic E-state index is 13.6. The molecule has 0 radical (unpaired) electrons. The number of aliphatic hydroxyl groups excluding tert-OH is 1. The zero-order valence-electron chi connectivity index (χ0n) is 11.2. The van der Waals surface area contributed by atoms with E-state index in [1.54, 1.807) is 18.2 Å². The first kappa shape index (κ1) is 15.3. The summed E-state index contributed by atoms with van der Waals surface area (Å²) in [5.41, 5.74) is 0.672. The lowest BCUT2D eigenvalue weighted by molar-refractivity contribution is 0.282. The number of hydrogen-bond donors (Lipinski definition) is 2. The van der Waals surface area contributed by atoms with Gasteiger partial charge in [-0.15, -0.1) is 0 Å². The van der Waals surface area contributed by atoms with Crippen LogP contribution in [-0.2, 0) is 16.6 Å². The van der Waals surface area contributed by atoms with Crippen molar-refractivity contribution in [1.82, 2.24) is 0 Å². The van der Waals surface area contributed by atoms with Crippen LogP contribution >= 0.6 is 0 Å². The van der Waals surface area contributed by atoms with Crippen LogP contribution in [0, 0.1) is 5.82 Å². The Morgan fingerprint density at radius 2 is 1.95 bits per heavy atom. The van der Waals surface area contributed by atoms with Crippen molar-refractivity contribution in [3.63, 3.8) is 0 Å². The summed E-state index contributed by atoms with van der Waals surface area (Å²) in [6.07, 6.45) is 0. The van der Waals surface area contributed by atoms with Gasteiger partial charge in [0.15, 0.2) is 11.6 Å². The van der Waals surface area contributed by atoms with Crippen LogP contribution in [0.1, 0.15) is 5.56 Å². The van der Waals surface area contributed by atoms with Crippen molar-refractivity contribution in [1.29, 1.82) is 0 Å². The van der Waals surface area contributed by atoms with Crippen molar-refractivity contribution in [3.05, 3.63) is 53.8 Å². The fourth-order valence-corrected chi connectivity index (χ4v) is 2.89. The minimum Gasteiger partial charge on any atom is -0.494 e. The number of sulfonamides is 1. The fraction of sp³-hybridized carbons (Fsp3) is 0.143. The maximum atomic E-state index is 13.6. The number of halogens is 1. The Hall–Kier alpha value is -2.12. The largest absolute Gasteiger partial charge is 0.494 e. The van der Waals surface area contributed by atoms with Crippen LogP contribution in [0.3, 0.4) is 0 Å². The second-order valence-electron chi connectivity index (χ2n) is 4.22. The number of anilines is 1. The van der Waals surface area contributed by atoms with Crippen molar-refractivity contribution in [2.24, 2.45) is 0 Å². The van der Waals surface area contributed by atoms with E-state index in [1.165, 1.54) is 25.3 Å². The predicted molar refractivity (Wildman–Crippen MR) is 76.1 cm³/mol. The third-order valence-electron chi connectivity index (χ3n) is 2.87. The average Bonchev–Trinajstić information content (AvgIpc) is 2.47. The molecule has 2 rings (SSSR count). The lowest BCUT2D eigenvalue weighted by atomic mass is 10.2. The van der Waals surface area contributed by atoms with Gasteiger partial charge < -0.3 is 9.84 Å². The Morgan fingerprint density at radius 3 is 2.57 bits per heavy atom. The van der Waals surface area contributed by atoms with E-state index < -0.39 is 15.8 Å². The number of hydrogen-bond acceptors (Lipinski definition) is 4. The third-order valence-corrected chi connectivity index (χ3v) is 4.23. The minimum absolute atomic E-state index is 0.0373. The number of methoxy groups -OCH3 is 1. The standard InChI is InChI=1S/C14H14FNO4S/c1-20-14-7-6-11(8-12(14)15)21(18,19)16-13-5-3-2-4-10(13)9-17/h2-8,16-17H,9H2,1H3. The summed E-state index contributed by atoms with van der Waals surface area (Å²) in [5, 5.41) is 9.19. The molecule has 0 atom stereocenters. The molecule has 7 heteroatoms. The van der Waals surface area contributed by atoms with Crippen LogP contribution in [-0.4, -0.2) is 20.6 Å². The van der Waals surface area contributed by atoms with Crippen molar-refractivity contribution in [2.45, 2.75) is 11.5 Å². The van der Waals surface area contributed by atoms with Gasteiger partial charge in [-0.05, 0) is 24.3 Å². The Labute approximate surface area is 122 Å². The second kappa shape index (κ2) is 6.11. The Morgan fingerprint density at radius 1 is 1.24 bits per heavy atom. The molecule has 0 aromatic heterocycles. The second-order valence-corrected chi connectivity index (χ2v) is 5.90. The quantitative estimate of drug-likeness (QED) is 0.887. The smallest absolute Gasteiger partial charge is 0.262 e. The summed E-state index contributed by atoms with van der Waals surface area (Å²) in [5.74, 6) is -0.805. The molecule has 2 N–H and O–H groups in total. The van der Waals surface area contributed by atoms with E-state index in [0.29, 0.717) is 5.56 Å². The van der Waals surface area contributed by atoms with Gasteiger partial charge >= 0.3 is 0 Å². The van der Waals surface area contributed by atoms with Gasteiger partial charge in [-0.2, -0.15) is 0 Å². The SMILES string of the molecule is COc1ccc(S(=O)(=O)Nc2ccccc2CO)cc1F. The number of rotatable bonds is 5. The van der Waals surface area contributed by atoms with Gasteiger partial charge in [0.25, 0.3) is 10.0 Å². The predicted octanol–water partition coefficient (Wildman–Crippen LogP) is 2.13. The van der Waals surface area contributed by atoms with Crippen LogP contribution in [0.25, 0.3) is 0 Å². The summed E-state index contributed by atoms with van der Waals surface area (Å²) >= 11 is 0. The highest BCUT2D eigenvalue weighted by Gasteiger charge is 2.18. The zero-order chi connectivity index (χ0) is 15.5. The molecule has 0 bridgehead atoms. The van der Waals surface area contributed by atoms with Crippen molar-refractivity contribution in [3.8, 4) is 5.75 Å². The van der Waals surface area contributed by atoms with Crippen molar-refractivity contribution in [2.75, 3.05) is 11.8 Å². The summed E-state index contributed by atoms with van der Waals surface area (Å²) in [6, 6.07) is 9.77. The molecule has 5 nitrogen and oxygen atoms in total. The molecule has 2 aromatic rings. The van der Waals surface area contributed by atoms with Gasteiger partial charge in [0.05, 0.1) is 24.3 Å². The van der Waals surface area contributed by atoms with E-state index >= 15 is 0 Å². The lowest BCUT2D eigenvalue weighted by Gasteiger charge is -2.12. The number of aliphatic hydroxyl groups is 1. The fourth-order valence-electron chi connectivity index (χ4n) is 1.78. The number of nitrogens with one attached hydrogen (secondary N) is 1. The lowest BCUT2D eigenvalue weighted by Crippen LogP contribution is -2.14. The van der Waals surface area contributed by atoms with Gasteiger partial charge in [0, 0.05) is 5.56 Å². The highest BCUT2D eigenvalue weighted by Crippen LogP contribution is 2.24. The molecule has 0 aliphatic rings. The van der Waals surface area contributed by atoms with E-state index in [9.17, 15) is 17.9 Å². The molecular formula is C14H14FNO4S. The van der Waals surface area contributed by atoms with E-state index in [-0.39, 0.29) is 22.9 Å². The Balaban J connectivity index is 2.36. The van der Waals surface area contributed by atoms with Crippen molar-refractivity contribution >= 4 is 15.7 Å². The minimum atomic E-state index is -3.95. The zero-order valence-corrected chi connectivity index (χ0v) is 12.0. The van der Waals surface area contributed by atoms with Gasteiger partial charge in [0.2, 0.25) is 0 Å². The van der Waals surface area contributed by atoms with E-state index in [1.807, 2.05) is 0 Å². The molecule has 0 aliphatic heterocycles. The van der Waals surface area contributed by atoms with E-state index in [2.05, 4.69) is 4.72 Å². The molecular weight excluding hydrogens is 297 g/mol. The summed E-state index contributed by atoms with van der Waals surface area (Å²) in [6.45, 7) is -0.310. The van der Waals surface area contributed by atoms with Gasteiger partial charge in [-0.3, -0.25) is 4.72 Å². The summed E-state index contributed by atoms with van der Waals surface area (Å²) in [7, 11) is -2.66. The maximum Gasteiger partial charge on any atom is 0.262 e. The monoisotopic (exact) mass is 311 g/mol.